The Morgan fingerprint density at radius 1 is 0.429 bits per heavy atom. The van der Waals surface area contributed by atoms with Gasteiger partial charge in [0.15, 0.2) is 0 Å². The maximum absolute atomic E-state index is 5.14. The number of aromatic amines is 2. The molecule has 0 radical (unpaired) electrons. The topological polar surface area (TPSA) is 57.4 Å². The molecule has 0 fully saturated rings. The van der Waals surface area contributed by atoms with Gasteiger partial charge in [0.2, 0.25) is 0 Å². The molecule has 0 unspecified atom stereocenters. The molecule has 0 aliphatic carbocycles. The van der Waals surface area contributed by atoms with Crippen LogP contribution in [0.5, 0.6) is 0 Å². The molecule has 0 aliphatic rings. The van der Waals surface area contributed by atoms with Crippen molar-refractivity contribution in [2.45, 2.75) is 12.8 Å². The second kappa shape index (κ2) is 15.5. The summed E-state index contributed by atoms with van der Waals surface area (Å²) in [6.07, 6.45) is 3.65. The zero-order valence-electron chi connectivity index (χ0n) is 26.3. The number of halogens is 3. The molecule has 0 spiro atoms. The fourth-order valence-electron chi connectivity index (χ4n) is 6.24. The van der Waals surface area contributed by atoms with Crippen molar-refractivity contribution < 1.29 is 11.4 Å². The predicted molar refractivity (Wildman–Crippen MR) is 203 cm³/mol. The molecular weight excluding hydrogens is 707 g/mol. The van der Waals surface area contributed by atoms with Gasteiger partial charge in [-0.15, -0.1) is 12.8 Å². The summed E-state index contributed by atoms with van der Waals surface area (Å²) in [5.41, 5.74) is 13.4. The van der Waals surface area contributed by atoms with Crippen LogP contribution in [0.1, 0.15) is 11.6 Å². The summed E-state index contributed by atoms with van der Waals surface area (Å²) in [7, 11) is 14.8. The average molecular weight is 738 g/mol. The first kappa shape index (κ1) is 33.2. The third-order valence-corrected chi connectivity index (χ3v) is 8.40. The van der Waals surface area contributed by atoms with E-state index in [-0.39, 0.29) is 0 Å². The second-order valence-corrected chi connectivity index (χ2v) is 17.8. The maximum Gasteiger partial charge on any atom is 0.0969 e. The second-order valence-electron chi connectivity index (χ2n) is 11.5. The van der Waals surface area contributed by atoms with E-state index >= 15 is 0 Å². The molecule has 8 heteroatoms. The van der Waals surface area contributed by atoms with Gasteiger partial charge in [0, 0.05) is 22.3 Å². The van der Waals surface area contributed by atoms with Crippen molar-refractivity contribution in [1.82, 2.24) is 19.9 Å². The molecule has 0 aliphatic heterocycles. The summed E-state index contributed by atoms with van der Waals surface area (Å²) in [5.74, 6) is 1.88. The van der Waals surface area contributed by atoms with E-state index in [1.807, 2.05) is 12.1 Å². The van der Waals surface area contributed by atoms with Crippen LogP contribution in [-0.4, -0.2) is 19.9 Å². The van der Waals surface area contributed by atoms with Gasteiger partial charge in [-0.05, 0) is 22.3 Å². The zero-order chi connectivity index (χ0) is 33.6. The van der Waals surface area contributed by atoms with E-state index < -0.39 is 11.4 Å². The van der Waals surface area contributed by atoms with E-state index in [9.17, 15) is 0 Å². The van der Waals surface area contributed by atoms with Gasteiger partial charge in [-0.3, -0.25) is 0 Å². The number of nitrogens with one attached hydrogen (secondary N) is 2. The van der Waals surface area contributed by atoms with E-state index in [1.165, 1.54) is 11.1 Å². The number of hydrogen-bond acceptors (Lipinski definition) is 2. The van der Waals surface area contributed by atoms with Crippen molar-refractivity contribution in [2.75, 3.05) is 0 Å². The van der Waals surface area contributed by atoms with E-state index in [2.05, 4.69) is 150 Å². The number of nitrogens with zero attached hydrogens (tertiary/aromatic N) is 2. The van der Waals surface area contributed by atoms with Crippen LogP contribution < -0.4 is 0 Å². The van der Waals surface area contributed by atoms with E-state index in [0.29, 0.717) is 12.8 Å². The number of fused-ring (bicyclic) bond motifs is 2. The Bertz CT molecular complexity index is 1970. The van der Waals surface area contributed by atoms with Crippen LogP contribution in [0.2, 0.25) is 0 Å². The quantitative estimate of drug-likeness (QED) is 0.153. The molecule has 8 rings (SSSR count). The van der Waals surface area contributed by atoms with Gasteiger partial charge >= 0.3 is 41.5 Å². The van der Waals surface area contributed by atoms with Crippen LogP contribution in [0.4, 0.5) is 0 Å². The van der Waals surface area contributed by atoms with Crippen LogP contribution in [-0.2, 0) is 24.2 Å². The Hall–Kier alpha value is -4.34. The van der Waals surface area contributed by atoms with Gasteiger partial charge < -0.3 is 16.4 Å². The average Bonchev–Trinajstić information content (AvgIpc) is 3.77. The van der Waals surface area contributed by atoms with Gasteiger partial charge in [0.05, 0.1) is 33.7 Å². The van der Waals surface area contributed by atoms with Crippen molar-refractivity contribution in [2.24, 2.45) is 0 Å². The first-order valence-electron chi connectivity index (χ1n) is 15.8. The van der Waals surface area contributed by atoms with Crippen LogP contribution in [0.3, 0.4) is 0 Å². The molecular formula is C41H31Cl3CrN4. The molecule has 8 aromatic rings. The molecule has 6 aromatic carbocycles. The fraction of sp³-hybridized carbons (Fsp3) is 0.0488. The smallest absolute Gasteiger partial charge is 0.0969 e. The Morgan fingerprint density at radius 3 is 1.04 bits per heavy atom. The first-order valence-corrected chi connectivity index (χ1v) is 21.1. The molecule has 0 bridgehead atoms. The first-order chi connectivity index (χ1) is 24.0. The normalized spacial score (nSPS) is 11.2. The number of H-pyrrole nitrogens is 2. The molecule has 2 N–H and O–H groups in total. The van der Waals surface area contributed by atoms with Gasteiger partial charge in [-0.2, -0.15) is 0 Å². The Kier molecular flexibility index (Phi) is 10.5. The molecule has 49 heavy (non-hydrogen) atoms. The monoisotopic (exact) mass is 736 g/mol. The fourth-order valence-corrected chi connectivity index (χ4v) is 6.24. The number of benzene rings is 6. The minimum atomic E-state index is -1.62. The molecule has 2 heterocycles. The van der Waals surface area contributed by atoms with Crippen LogP contribution in [0.25, 0.3) is 66.6 Å². The maximum atomic E-state index is 5.14. The van der Waals surface area contributed by atoms with Gasteiger partial charge in [-0.25, -0.2) is 9.97 Å². The van der Waals surface area contributed by atoms with Crippen molar-refractivity contribution in [3.63, 3.8) is 0 Å². The van der Waals surface area contributed by atoms with Crippen LogP contribution >= 0.6 is 30.1 Å². The summed E-state index contributed by atoms with van der Waals surface area (Å²) in [6, 6.07) is 50.8. The molecule has 4 nitrogen and oxygen atoms in total. The summed E-state index contributed by atoms with van der Waals surface area (Å²) >= 11 is -1.62. The largest absolute Gasteiger partial charge is 0.344 e. The van der Waals surface area contributed by atoms with E-state index in [1.54, 1.807) is 0 Å². The SMILES string of the molecule is [Cl][Cr+]([Cl])[Cl].c1ccc(-c2ccc(-c3ccccc3)c3[nH]c(C[CH-]Cc4nc5c(-c6ccccc6)ccc(-c6ccccc6)c5[nH]4)nc23)cc1. The minimum absolute atomic E-state index is 0.700. The van der Waals surface area contributed by atoms with Gasteiger partial charge in [0.25, 0.3) is 0 Å². The minimum Gasteiger partial charge on any atom is -0.344 e. The Balaban J connectivity index is 0.000000898. The standard InChI is InChI=1S/C41H31N4.3ClH.Cr/c1-5-14-28(15-6-1)32-24-25-33(29-16-7-2-8-17-29)39-38(32)42-36(43-39)22-13-23-37-44-40-34(30-18-9-3-10-19-30)26-27-35(41(40)45-37)31-20-11-4-12-21-31;;;;/h1-21,24-27H,22-23H2,(H,42,43)(H,44,45);3*1H;/q-1;;;;+4/p-3. The molecule has 242 valence electrons. The third kappa shape index (κ3) is 7.63. The molecule has 0 saturated carbocycles. The molecule has 0 saturated heterocycles. The number of imidazole rings is 2. The van der Waals surface area contributed by atoms with Crippen molar-refractivity contribution in [1.29, 1.82) is 0 Å². The molecule has 2 aromatic heterocycles. The van der Waals surface area contributed by atoms with Crippen LogP contribution in [0.15, 0.2) is 146 Å². The molecule has 0 atom stereocenters. The molecule has 0 amide bonds. The summed E-state index contributed by atoms with van der Waals surface area (Å²) in [6.45, 7) is 0. The summed E-state index contributed by atoms with van der Waals surface area (Å²) in [4.78, 5) is 17.6. The number of rotatable bonds is 8. The Morgan fingerprint density at radius 2 is 0.714 bits per heavy atom. The van der Waals surface area contributed by atoms with E-state index in [0.717, 1.165) is 67.1 Å². The van der Waals surface area contributed by atoms with E-state index in [4.69, 9.17) is 40.1 Å². The third-order valence-electron chi connectivity index (χ3n) is 8.40. The predicted octanol–water partition coefficient (Wildman–Crippen LogP) is 12.2. The Labute approximate surface area is 302 Å². The van der Waals surface area contributed by atoms with Crippen LogP contribution in [0, 0.1) is 6.42 Å². The summed E-state index contributed by atoms with van der Waals surface area (Å²) < 4.78 is 0. The van der Waals surface area contributed by atoms with Crippen molar-refractivity contribution in [3.05, 3.63) is 164 Å². The number of aromatic nitrogens is 4. The number of hydrogen-bond donors (Lipinski definition) is 2. The van der Waals surface area contributed by atoms with Crippen molar-refractivity contribution >= 4 is 52.2 Å². The zero-order valence-corrected chi connectivity index (χ0v) is 29.8. The van der Waals surface area contributed by atoms with Crippen molar-refractivity contribution in [3.8, 4) is 44.5 Å². The van der Waals surface area contributed by atoms with Gasteiger partial charge in [-0.1, -0.05) is 146 Å². The van der Waals surface area contributed by atoms with Gasteiger partial charge in [0.1, 0.15) is 0 Å². The summed E-state index contributed by atoms with van der Waals surface area (Å²) in [5, 5.41) is 0.